The summed E-state index contributed by atoms with van der Waals surface area (Å²) >= 11 is 0. The molecule has 3 N–H and O–H groups in total. The van der Waals surface area contributed by atoms with E-state index in [-0.39, 0.29) is 0 Å². The van der Waals surface area contributed by atoms with Crippen molar-refractivity contribution in [1.82, 2.24) is 15.0 Å². The van der Waals surface area contributed by atoms with Crippen molar-refractivity contribution < 1.29 is 0 Å². The Bertz CT molecular complexity index is 712. The lowest BCUT2D eigenvalue weighted by molar-refractivity contribution is 1.00. The normalized spacial score (nSPS) is 10.6. The quantitative estimate of drug-likeness (QED) is 0.756. The summed E-state index contributed by atoms with van der Waals surface area (Å²) in [5.74, 6) is 1.07. The first-order valence-electron chi connectivity index (χ1n) is 6.48. The molecule has 0 atom stereocenters. The molecule has 100 valence electrons. The van der Waals surface area contributed by atoms with E-state index in [2.05, 4.69) is 20.3 Å². The van der Waals surface area contributed by atoms with Crippen LogP contribution < -0.4 is 11.1 Å². The van der Waals surface area contributed by atoms with Crippen LogP contribution in [0, 0.1) is 0 Å². The number of anilines is 2. The molecule has 0 saturated carbocycles. The third-order valence-electron chi connectivity index (χ3n) is 3.05. The van der Waals surface area contributed by atoms with E-state index in [0.717, 1.165) is 24.0 Å². The summed E-state index contributed by atoms with van der Waals surface area (Å²) in [6, 6.07) is 11.7. The maximum Gasteiger partial charge on any atom is 0.169 e. The van der Waals surface area contributed by atoms with Gasteiger partial charge < -0.3 is 11.1 Å². The number of nitrogens with two attached hydrogens (primary N) is 1. The summed E-state index contributed by atoms with van der Waals surface area (Å²) in [7, 11) is 0. The van der Waals surface area contributed by atoms with Gasteiger partial charge in [0.25, 0.3) is 0 Å². The SMILES string of the molecule is Nc1nc2ccccc2nc1NCCc1ccncc1. The molecule has 2 heterocycles. The first kappa shape index (κ1) is 12.3. The highest BCUT2D eigenvalue weighted by Gasteiger charge is 2.04. The van der Waals surface area contributed by atoms with Gasteiger partial charge in [0.2, 0.25) is 0 Å². The van der Waals surface area contributed by atoms with Crippen LogP contribution in [0.25, 0.3) is 11.0 Å². The zero-order valence-electron chi connectivity index (χ0n) is 11.0. The molecule has 1 aromatic carbocycles. The van der Waals surface area contributed by atoms with Crippen molar-refractivity contribution in [1.29, 1.82) is 0 Å². The Morgan fingerprint density at radius 1 is 0.950 bits per heavy atom. The number of para-hydroxylation sites is 2. The number of hydrogen-bond acceptors (Lipinski definition) is 5. The Hall–Kier alpha value is -2.69. The van der Waals surface area contributed by atoms with Gasteiger partial charge in [0.05, 0.1) is 11.0 Å². The van der Waals surface area contributed by atoms with Gasteiger partial charge >= 0.3 is 0 Å². The predicted molar refractivity (Wildman–Crippen MR) is 80.4 cm³/mol. The van der Waals surface area contributed by atoms with E-state index in [4.69, 9.17) is 5.73 Å². The average Bonchev–Trinajstić information content (AvgIpc) is 2.49. The fraction of sp³-hybridized carbons (Fsp3) is 0.133. The summed E-state index contributed by atoms with van der Waals surface area (Å²) in [5.41, 5.74) is 8.79. The van der Waals surface area contributed by atoms with Crippen molar-refractivity contribution >= 4 is 22.7 Å². The highest BCUT2D eigenvalue weighted by atomic mass is 15.1. The van der Waals surface area contributed by atoms with Crippen molar-refractivity contribution in [2.45, 2.75) is 6.42 Å². The second kappa shape index (κ2) is 5.52. The van der Waals surface area contributed by atoms with E-state index in [1.165, 1.54) is 5.56 Å². The van der Waals surface area contributed by atoms with E-state index in [1.54, 1.807) is 12.4 Å². The summed E-state index contributed by atoms with van der Waals surface area (Å²) in [4.78, 5) is 12.8. The van der Waals surface area contributed by atoms with Crippen LogP contribution in [0.4, 0.5) is 11.6 Å². The van der Waals surface area contributed by atoms with Crippen LogP contribution >= 0.6 is 0 Å². The predicted octanol–water partition coefficient (Wildman–Crippen LogP) is 2.26. The van der Waals surface area contributed by atoms with Crippen LogP contribution in [0.15, 0.2) is 48.8 Å². The van der Waals surface area contributed by atoms with Gasteiger partial charge in [0.15, 0.2) is 11.6 Å². The number of fused-ring (bicyclic) bond motifs is 1. The minimum Gasteiger partial charge on any atom is -0.381 e. The van der Waals surface area contributed by atoms with E-state index >= 15 is 0 Å². The number of aromatic nitrogens is 3. The Kier molecular flexibility index (Phi) is 3.41. The van der Waals surface area contributed by atoms with Gasteiger partial charge in [-0.1, -0.05) is 12.1 Å². The Morgan fingerprint density at radius 3 is 2.40 bits per heavy atom. The first-order valence-corrected chi connectivity index (χ1v) is 6.48. The summed E-state index contributed by atoms with van der Waals surface area (Å²) < 4.78 is 0. The molecule has 0 aliphatic carbocycles. The zero-order chi connectivity index (χ0) is 13.8. The number of rotatable bonds is 4. The van der Waals surface area contributed by atoms with Crippen molar-refractivity contribution in [2.24, 2.45) is 0 Å². The van der Waals surface area contributed by atoms with Crippen LogP contribution in [0.3, 0.4) is 0 Å². The second-order valence-electron chi connectivity index (χ2n) is 4.48. The molecule has 0 aliphatic heterocycles. The molecule has 0 aliphatic rings. The topological polar surface area (TPSA) is 76.7 Å². The molecular weight excluding hydrogens is 250 g/mol. The molecule has 0 bridgehead atoms. The van der Waals surface area contributed by atoms with Crippen LogP contribution in [-0.4, -0.2) is 21.5 Å². The zero-order valence-corrected chi connectivity index (χ0v) is 11.0. The number of nitrogen functional groups attached to an aromatic ring is 1. The third kappa shape index (κ3) is 2.66. The highest BCUT2D eigenvalue weighted by molar-refractivity contribution is 5.79. The lowest BCUT2D eigenvalue weighted by Crippen LogP contribution is -2.09. The smallest absolute Gasteiger partial charge is 0.169 e. The lowest BCUT2D eigenvalue weighted by atomic mass is 10.2. The first-order chi connectivity index (χ1) is 9.83. The number of hydrogen-bond donors (Lipinski definition) is 2. The molecule has 20 heavy (non-hydrogen) atoms. The van der Waals surface area contributed by atoms with Crippen LogP contribution in [-0.2, 0) is 6.42 Å². The monoisotopic (exact) mass is 265 g/mol. The summed E-state index contributed by atoms with van der Waals surface area (Å²) in [6.07, 6.45) is 4.47. The van der Waals surface area contributed by atoms with Crippen molar-refractivity contribution in [3.8, 4) is 0 Å². The summed E-state index contributed by atoms with van der Waals surface area (Å²) in [6.45, 7) is 0.751. The van der Waals surface area contributed by atoms with Gasteiger partial charge in [-0.2, -0.15) is 0 Å². The molecule has 3 aromatic rings. The number of nitrogens with zero attached hydrogens (tertiary/aromatic N) is 3. The molecule has 0 unspecified atom stereocenters. The van der Waals surface area contributed by atoms with E-state index in [1.807, 2.05) is 36.4 Å². The van der Waals surface area contributed by atoms with Crippen molar-refractivity contribution in [3.05, 3.63) is 54.4 Å². The molecule has 0 radical (unpaired) electrons. The fourth-order valence-electron chi connectivity index (χ4n) is 2.02. The molecule has 0 saturated heterocycles. The second-order valence-corrected chi connectivity index (χ2v) is 4.48. The van der Waals surface area contributed by atoms with Crippen molar-refractivity contribution in [2.75, 3.05) is 17.6 Å². The van der Waals surface area contributed by atoms with E-state index in [0.29, 0.717) is 11.6 Å². The Balaban J connectivity index is 1.72. The van der Waals surface area contributed by atoms with Gasteiger partial charge in [0.1, 0.15) is 0 Å². The molecule has 0 fully saturated rings. The van der Waals surface area contributed by atoms with Crippen LogP contribution in [0.2, 0.25) is 0 Å². The van der Waals surface area contributed by atoms with Gasteiger partial charge in [0, 0.05) is 18.9 Å². The van der Waals surface area contributed by atoms with Gasteiger partial charge in [-0.3, -0.25) is 4.98 Å². The molecule has 0 amide bonds. The van der Waals surface area contributed by atoms with Crippen LogP contribution in [0.5, 0.6) is 0 Å². The molecular formula is C15H15N5. The molecule has 5 heteroatoms. The van der Waals surface area contributed by atoms with Gasteiger partial charge in [-0.25, -0.2) is 9.97 Å². The van der Waals surface area contributed by atoms with E-state index in [9.17, 15) is 0 Å². The maximum absolute atomic E-state index is 5.92. The highest BCUT2D eigenvalue weighted by Crippen LogP contribution is 2.18. The molecule has 0 spiro atoms. The molecule has 2 aromatic heterocycles. The fourth-order valence-corrected chi connectivity index (χ4v) is 2.02. The lowest BCUT2D eigenvalue weighted by Gasteiger charge is -2.09. The minimum absolute atomic E-state index is 0.429. The van der Waals surface area contributed by atoms with Crippen molar-refractivity contribution in [3.63, 3.8) is 0 Å². The molecule has 3 rings (SSSR count). The Morgan fingerprint density at radius 2 is 1.65 bits per heavy atom. The number of benzene rings is 1. The Labute approximate surface area is 116 Å². The average molecular weight is 265 g/mol. The van der Waals surface area contributed by atoms with E-state index < -0.39 is 0 Å². The number of pyridine rings is 1. The maximum atomic E-state index is 5.92. The number of nitrogens with one attached hydrogen (secondary N) is 1. The van der Waals surface area contributed by atoms with Gasteiger partial charge in [-0.15, -0.1) is 0 Å². The largest absolute Gasteiger partial charge is 0.381 e. The van der Waals surface area contributed by atoms with Crippen LogP contribution in [0.1, 0.15) is 5.56 Å². The standard InChI is InChI=1S/C15H15N5/c16-14-15(18-10-7-11-5-8-17-9-6-11)20-13-4-2-1-3-12(13)19-14/h1-6,8-9H,7,10H2,(H2,16,19)(H,18,20). The third-order valence-corrected chi connectivity index (χ3v) is 3.05. The summed E-state index contributed by atoms with van der Waals surface area (Å²) in [5, 5.41) is 3.23. The van der Waals surface area contributed by atoms with Gasteiger partial charge in [-0.05, 0) is 36.2 Å². The minimum atomic E-state index is 0.429. The molecule has 5 nitrogen and oxygen atoms in total.